The fourth-order valence-corrected chi connectivity index (χ4v) is 45.5. The van der Waals surface area contributed by atoms with Gasteiger partial charge in [-0.1, -0.05) is 12.1 Å². The van der Waals surface area contributed by atoms with Crippen LogP contribution in [0, 0.1) is 13.8 Å². The van der Waals surface area contributed by atoms with E-state index in [9.17, 15) is 10.2 Å². The van der Waals surface area contributed by atoms with E-state index in [0.717, 1.165) is 44.3 Å². The summed E-state index contributed by atoms with van der Waals surface area (Å²) in [6.07, 6.45) is 7.79. The number of aromatic hydroxyl groups is 2. The number of phenolic OH excluding ortho intramolecular Hbond substituents is 2. The summed E-state index contributed by atoms with van der Waals surface area (Å²) in [7, 11) is 0.641. The minimum absolute atomic E-state index is 0.190. The van der Waals surface area contributed by atoms with Gasteiger partial charge in [0.15, 0.2) is 0 Å². The summed E-state index contributed by atoms with van der Waals surface area (Å²) in [5.41, 5.74) is 3.94. The van der Waals surface area contributed by atoms with E-state index in [1.165, 1.54) is 38.5 Å². The first-order chi connectivity index (χ1) is 21.6. The first-order valence-electron chi connectivity index (χ1n) is 14.9. The summed E-state index contributed by atoms with van der Waals surface area (Å²) in [4.78, 5) is 0. The van der Waals surface area contributed by atoms with Crippen molar-refractivity contribution in [2.45, 2.75) is 60.5 Å². The molecular weight excluding hydrogens is 849 g/mol. The van der Waals surface area contributed by atoms with Crippen molar-refractivity contribution >= 4 is 60.8 Å². The quantitative estimate of drug-likeness (QED) is 0.158. The maximum atomic E-state index is 10.6. The minimum atomic E-state index is -1.06. The normalized spacial score (nSPS) is 20.4. The second-order valence-electron chi connectivity index (χ2n) is 11.1. The summed E-state index contributed by atoms with van der Waals surface area (Å²) in [5, 5.41) is 24.4. The number of hydrogen-bond donors (Lipinski definition) is 2. The molecule has 0 saturated heterocycles. The number of rotatable bonds is 4. The van der Waals surface area contributed by atoms with Gasteiger partial charge in [0.25, 0.3) is 0 Å². The minimum Gasteiger partial charge on any atom is -0.199 e. The van der Waals surface area contributed by atoms with Crippen LogP contribution in [0.1, 0.15) is 60.8 Å². The molecule has 9 heteroatoms. The van der Waals surface area contributed by atoms with E-state index in [2.05, 4.69) is 13.8 Å². The monoisotopic (exact) mass is 886 g/mol. The van der Waals surface area contributed by atoms with Gasteiger partial charge in [-0.15, -0.1) is 24.3 Å². The largest absolute Gasteiger partial charge is 0.199 e. The third-order valence-electron chi connectivity index (χ3n) is 7.61. The molecular formula is C36H38Cl4HfO2S2-2. The van der Waals surface area contributed by atoms with Crippen molar-refractivity contribution in [2.75, 3.05) is 0 Å². The molecule has 0 aromatic heterocycles. The van der Waals surface area contributed by atoms with Gasteiger partial charge >= 0.3 is 217 Å². The van der Waals surface area contributed by atoms with E-state index in [4.69, 9.17) is 46.4 Å². The Labute approximate surface area is 300 Å². The van der Waals surface area contributed by atoms with E-state index in [0.29, 0.717) is 34.5 Å². The van der Waals surface area contributed by atoms with Gasteiger partial charge in [0, 0.05) is 0 Å². The van der Waals surface area contributed by atoms with Crippen molar-refractivity contribution in [1.29, 1.82) is 0 Å². The molecule has 2 unspecified atom stereocenters. The molecule has 4 aromatic carbocycles. The molecule has 1 saturated carbocycles. The van der Waals surface area contributed by atoms with Crippen LogP contribution in [0.15, 0.2) is 84.9 Å². The Balaban J connectivity index is 0.000000269. The summed E-state index contributed by atoms with van der Waals surface area (Å²) in [5.74, 6) is 2.16. The fraction of sp³-hybridized carbons (Fsp3) is 0.278. The predicted octanol–water partition coefficient (Wildman–Crippen LogP) is 12.7. The molecule has 45 heavy (non-hydrogen) atoms. The van der Waals surface area contributed by atoms with Gasteiger partial charge in [-0.2, -0.15) is 49.2 Å². The first kappa shape index (κ1) is 36.8. The van der Waals surface area contributed by atoms with Crippen LogP contribution in [0.2, 0.25) is 20.1 Å². The van der Waals surface area contributed by atoms with Crippen LogP contribution >= 0.6 is 60.8 Å². The summed E-state index contributed by atoms with van der Waals surface area (Å²) in [6.45, 7) is 7.44. The predicted molar refractivity (Wildman–Crippen MR) is 196 cm³/mol. The number of fused-ring (bicyclic) bond motifs is 1. The van der Waals surface area contributed by atoms with Gasteiger partial charge in [0.2, 0.25) is 0 Å². The van der Waals surface area contributed by atoms with Crippen LogP contribution < -0.4 is 0 Å². The molecule has 2 N–H and O–H groups in total. The van der Waals surface area contributed by atoms with Crippen molar-refractivity contribution < 1.29 is 29.1 Å². The third-order valence-corrected chi connectivity index (χ3v) is 37.8. The Morgan fingerprint density at radius 1 is 0.600 bits per heavy atom. The molecule has 2 nitrogen and oxygen atoms in total. The molecule has 4 atom stereocenters. The van der Waals surface area contributed by atoms with Gasteiger partial charge in [0.05, 0.1) is 0 Å². The Morgan fingerprint density at radius 3 is 1.31 bits per heavy atom. The van der Waals surface area contributed by atoms with Crippen molar-refractivity contribution in [1.82, 2.24) is 0 Å². The van der Waals surface area contributed by atoms with Crippen molar-refractivity contribution in [3.8, 4) is 11.5 Å². The van der Waals surface area contributed by atoms with E-state index in [1.54, 1.807) is 12.1 Å². The van der Waals surface area contributed by atoms with Crippen LogP contribution in [0.3, 0.4) is 0 Å². The molecule has 1 fully saturated rings. The average molecular weight is 887 g/mol. The fourth-order valence-electron chi connectivity index (χ4n) is 5.35. The molecule has 6 rings (SSSR count). The number of halogens is 4. The third kappa shape index (κ3) is 11.3. The summed E-state index contributed by atoms with van der Waals surface area (Å²) in [6, 6.07) is 26.7. The van der Waals surface area contributed by atoms with Crippen LogP contribution in [0.4, 0.5) is 0 Å². The molecule has 0 amide bonds. The van der Waals surface area contributed by atoms with Crippen LogP contribution in [0.25, 0.3) is 0 Å². The Morgan fingerprint density at radius 2 is 0.978 bits per heavy atom. The number of benzene rings is 4. The van der Waals surface area contributed by atoms with Gasteiger partial charge in [0.1, 0.15) is 0 Å². The molecule has 1 heterocycles. The molecule has 0 bridgehead atoms. The van der Waals surface area contributed by atoms with E-state index < -0.39 is 18.9 Å². The Kier molecular flexibility index (Phi) is 15.1. The van der Waals surface area contributed by atoms with E-state index in [1.807, 2.05) is 72.8 Å². The second-order valence-corrected chi connectivity index (χ2v) is 33.6. The number of hydrogen-bond acceptors (Lipinski definition) is 2. The molecule has 4 aromatic rings. The Bertz CT molecular complexity index is 1530. The first-order valence-corrected chi connectivity index (χ1v) is 28.1. The average Bonchev–Trinajstić information content (AvgIpc) is 3.29. The van der Waals surface area contributed by atoms with E-state index >= 15 is 0 Å². The zero-order chi connectivity index (χ0) is 32.3. The maximum absolute atomic E-state index is 10.6. The van der Waals surface area contributed by atoms with Crippen molar-refractivity contribution in [3.63, 3.8) is 0 Å². The Hall–Kier alpha value is -1.05. The molecule has 0 spiro atoms. The molecule has 0 radical (unpaired) electrons. The maximum Gasteiger partial charge on any atom is -0.0866 e. The summed E-state index contributed by atoms with van der Waals surface area (Å²) >= 11 is 23.8. The molecule has 1 aliphatic heterocycles. The van der Waals surface area contributed by atoms with Crippen molar-refractivity contribution in [2.24, 2.45) is 0 Å². The van der Waals surface area contributed by atoms with Crippen molar-refractivity contribution in [3.05, 3.63) is 141 Å². The van der Waals surface area contributed by atoms with Crippen LogP contribution in [-0.2, 0) is 30.4 Å². The van der Waals surface area contributed by atoms with Crippen LogP contribution in [-0.4, -0.2) is 20.7 Å². The second kappa shape index (κ2) is 18.5. The molecule has 1 aliphatic carbocycles. The van der Waals surface area contributed by atoms with Crippen LogP contribution in [0.5, 0.6) is 11.5 Å². The topological polar surface area (TPSA) is 40.5 Å². The zero-order valence-corrected chi connectivity index (χ0v) is 33.3. The summed E-state index contributed by atoms with van der Waals surface area (Å²) < 4.78 is 0. The van der Waals surface area contributed by atoms with Gasteiger partial charge in [-0.3, -0.25) is 0 Å². The van der Waals surface area contributed by atoms with Gasteiger partial charge < -0.3 is 0 Å². The van der Waals surface area contributed by atoms with Gasteiger partial charge in [-0.25, -0.2) is 0 Å². The SMILES string of the molecule is Oc1c(Cl)cc(Cl)cc1C[S]1=[Hf]=[S@@](Cc2cc(Cl)cc(Cl)c2O)C2CCCCCC[C@@H]21.[CH2-]c1ccccc1.[CH2-]c1ccccc1. The zero-order valence-electron chi connectivity index (χ0n) is 25.0. The molecule has 240 valence electrons. The molecule has 2 aliphatic rings. The van der Waals surface area contributed by atoms with Gasteiger partial charge in [-0.05, 0) is 0 Å². The van der Waals surface area contributed by atoms with E-state index in [-0.39, 0.29) is 11.5 Å². The smallest absolute Gasteiger partial charge is 0.0866 e. The number of phenols is 2. The standard InChI is InChI=1S/C22H24Cl4O2S2.2C7H7.Hf/c23-15-7-13(21(27)17(25)9-15)11-29-19-5-3-1-2-4-6-20(19)30-12-14-8-16(24)10-18(26)22(14)28;2*1-7-5-3-2-4-6-7;/h7-10,19-20,27-28H,1-6,11-12H2;2*2-6H,1H2;/q;2*-1;/t19-,20?;;;/m0.../s1.